The van der Waals surface area contributed by atoms with Crippen LogP contribution in [0.4, 0.5) is 5.69 Å². The monoisotopic (exact) mass is 290 g/mol. The summed E-state index contributed by atoms with van der Waals surface area (Å²) >= 11 is 0. The maximum Gasteiger partial charge on any atom is 0.0378 e. The minimum Gasteiger partial charge on any atom is -0.398 e. The quantitative estimate of drug-likeness (QED) is 0.810. The average Bonchev–Trinajstić information content (AvgIpc) is 3.04. The van der Waals surface area contributed by atoms with Crippen LogP contribution in [0.3, 0.4) is 0 Å². The van der Waals surface area contributed by atoms with E-state index in [-0.39, 0.29) is 5.54 Å². The van der Waals surface area contributed by atoms with Gasteiger partial charge in [0.25, 0.3) is 0 Å². The molecular weight excluding hydrogens is 260 g/mol. The molecule has 1 atom stereocenters. The molecule has 0 saturated carbocycles. The molecule has 1 aromatic rings. The molecule has 1 saturated heterocycles. The van der Waals surface area contributed by atoms with Crippen LogP contribution in [0.2, 0.25) is 0 Å². The molecule has 2 heterocycles. The van der Waals surface area contributed by atoms with E-state index in [1.54, 1.807) is 6.20 Å². The van der Waals surface area contributed by atoms with Crippen LogP contribution in [0.5, 0.6) is 0 Å². The van der Waals surface area contributed by atoms with Crippen LogP contribution in [0, 0.1) is 0 Å². The maximum atomic E-state index is 6.12. The fourth-order valence-corrected chi connectivity index (χ4v) is 3.96. The Morgan fingerprint density at radius 2 is 2.00 bits per heavy atom. The van der Waals surface area contributed by atoms with Crippen LogP contribution < -0.4 is 11.1 Å². The molecule has 2 rings (SSSR count). The zero-order chi connectivity index (χ0) is 15.3. The van der Waals surface area contributed by atoms with Gasteiger partial charge in [-0.2, -0.15) is 0 Å². The number of likely N-dealkylation sites (N-methyl/N-ethyl adjacent to an activating group) is 1. The Morgan fingerprint density at radius 1 is 1.33 bits per heavy atom. The van der Waals surface area contributed by atoms with Crippen molar-refractivity contribution in [2.24, 2.45) is 0 Å². The summed E-state index contributed by atoms with van der Waals surface area (Å²) in [7, 11) is 2.08. The number of nitrogen functional groups attached to an aromatic ring is 1. The van der Waals surface area contributed by atoms with E-state index in [1.165, 1.54) is 25.9 Å². The summed E-state index contributed by atoms with van der Waals surface area (Å²) in [5.41, 5.74) is 8.35. The second-order valence-electron chi connectivity index (χ2n) is 6.12. The van der Waals surface area contributed by atoms with Crippen molar-refractivity contribution in [3.8, 4) is 0 Å². The molecule has 4 heteroatoms. The molecule has 3 N–H and O–H groups in total. The van der Waals surface area contributed by atoms with Crippen molar-refractivity contribution >= 4 is 5.69 Å². The van der Waals surface area contributed by atoms with Gasteiger partial charge >= 0.3 is 0 Å². The molecule has 1 aliphatic rings. The molecule has 0 radical (unpaired) electrons. The Kier molecular flexibility index (Phi) is 5.59. The highest BCUT2D eigenvalue weighted by molar-refractivity contribution is 5.45. The van der Waals surface area contributed by atoms with Gasteiger partial charge in [-0.1, -0.05) is 13.8 Å². The van der Waals surface area contributed by atoms with Gasteiger partial charge in [-0.25, -0.2) is 0 Å². The van der Waals surface area contributed by atoms with Crippen molar-refractivity contribution in [1.82, 2.24) is 15.2 Å². The molecule has 118 valence electrons. The third-order valence-electron chi connectivity index (χ3n) is 5.32. The van der Waals surface area contributed by atoms with E-state index in [9.17, 15) is 0 Å². The Labute approximate surface area is 129 Å². The molecule has 21 heavy (non-hydrogen) atoms. The lowest BCUT2D eigenvalue weighted by molar-refractivity contribution is 0.0651. The number of nitrogens with zero attached hydrogens (tertiary/aromatic N) is 2. The minimum atomic E-state index is 0.216. The summed E-state index contributed by atoms with van der Waals surface area (Å²) in [5, 5.41) is 3.57. The second kappa shape index (κ2) is 7.23. The van der Waals surface area contributed by atoms with Gasteiger partial charge in [0, 0.05) is 29.7 Å². The first-order valence-corrected chi connectivity index (χ1v) is 8.28. The van der Waals surface area contributed by atoms with E-state index >= 15 is 0 Å². The van der Waals surface area contributed by atoms with E-state index in [2.05, 4.69) is 36.1 Å². The lowest BCUT2D eigenvalue weighted by atomic mass is 9.80. The first kappa shape index (κ1) is 16.2. The SMILES string of the molecule is CCC(CC)(C(Cc1cnccc1N)NC)N1CCCC1. The summed E-state index contributed by atoms with van der Waals surface area (Å²) in [5.74, 6) is 0. The summed E-state index contributed by atoms with van der Waals surface area (Å²) in [6, 6.07) is 2.30. The summed E-state index contributed by atoms with van der Waals surface area (Å²) < 4.78 is 0. The first-order chi connectivity index (χ1) is 10.2. The highest BCUT2D eigenvalue weighted by Gasteiger charge is 2.41. The number of likely N-dealkylation sites (tertiary alicyclic amines) is 1. The van der Waals surface area contributed by atoms with Crippen molar-refractivity contribution < 1.29 is 0 Å². The number of anilines is 1. The summed E-state index contributed by atoms with van der Waals surface area (Å²) in [6.07, 6.45) is 9.60. The molecule has 0 bridgehead atoms. The largest absolute Gasteiger partial charge is 0.398 e. The molecule has 1 aromatic heterocycles. The van der Waals surface area contributed by atoms with Gasteiger partial charge in [0.2, 0.25) is 0 Å². The highest BCUT2D eigenvalue weighted by Crippen LogP contribution is 2.33. The maximum absolute atomic E-state index is 6.12. The second-order valence-corrected chi connectivity index (χ2v) is 6.12. The van der Waals surface area contributed by atoms with Gasteiger partial charge in [-0.05, 0) is 63.9 Å². The normalized spacial score (nSPS) is 18.0. The molecule has 4 nitrogen and oxygen atoms in total. The smallest absolute Gasteiger partial charge is 0.0378 e. The molecule has 1 aliphatic heterocycles. The predicted molar refractivity (Wildman–Crippen MR) is 89.3 cm³/mol. The van der Waals surface area contributed by atoms with Gasteiger partial charge < -0.3 is 11.1 Å². The Bertz CT molecular complexity index is 436. The van der Waals surface area contributed by atoms with Crippen molar-refractivity contribution in [3.63, 3.8) is 0 Å². The number of hydrogen-bond acceptors (Lipinski definition) is 4. The number of hydrogen-bond donors (Lipinski definition) is 2. The van der Waals surface area contributed by atoms with Gasteiger partial charge in [0.15, 0.2) is 0 Å². The summed E-state index contributed by atoms with van der Waals surface area (Å²) in [4.78, 5) is 6.94. The van der Waals surface area contributed by atoms with Crippen LogP contribution in [0.25, 0.3) is 0 Å². The van der Waals surface area contributed by atoms with Crippen molar-refractivity contribution in [3.05, 3.63) is 24.0 Å². The van der Waals surface area contributed by atoms with Crippen LogP contribution in [-0.4, -0.2) is 41.6 Å². The van der Waals surface area contributed by atoms with Gasteiger partial charge in [0.05, 0.1) is 0 Å². The van der Waals surface area contributed by atoms with Gasteiger partial charge in [0.1, 0.15) is 0 Å². The van der Waals surface area contributed by atoms with E-state index in [0.29, 0.717) is 6.04 Å². The molecule has 0 spiro atoms. The van der Waals surface area contributed by atoms with Crippen molar-refractivity contribution in [2.45, 2.75) is 57.5 Å². The molecule has 0 aliphatic carbocycles. The van der Waals surface area contributed by atoms with Crippen LogP contribution in [0.1, 0.15) is 45.1 Å². The Balaban J connectivity index is 2.25. The average molecular weight is 290 g/mol. The Hall–Kier alpha value is -1.13. The number of aromatic nitrogens is 1. The number of pyridine rings is 1. The topological polar surface area (TPSA) is 54.2 Å². The zero-order valence-corrected chi connectivity index (χ0v) is 13.7. The van der Waals surface area contributed by atoms with Gasteiger partial charge in [-0.15, -0.1) is 0 Å². The fraction of sp³-hybridized carbons (Fsp3) is 0.706. The zero-order valence-electron chi connectivity index (χ0n) is 13.7. The standard InChI is InChI=1S/C17H30N4/c1-4-17(5-2,21-10-6-7-11-21)16(19-3)12-14-13-20-9-8-15(14)18/h8-9,13,16,19H,4-7,10-12H2,1-3H3,(H2,18,20). The van der Waals surface area contributed by atoms with E-state index < -0.39 is 0 Å². The first-order valence-electron chi connectivity index (χ1n) is 8.28. The Morgan fingerprint density at radius 3 is 2.52 bits per heavy atom. The predicted octanol–water partition coefficient (Wildman–Crippen LogP) is 2.45. The third kappa shape index (κ3) is 3.22. The van der Waals surface area contributed by atoms with E-state index in [1.807, 2.05) is 12.3 Å². The molecule has 0 aromatic carbocycles. The van der Waals surface area contributed by atoms with Crippen molar-refractivity contribution in [1.29, 1.82) is 0 Å². The lowest BCUT2D eigenvalue weighted by Gasteiger charge is -2.47. The van der Waals surface area contributed by atoms with Crippen LogP contribution in [0.15, 0.2) is 18.5 Å². The van der Waals surface area contributed by atoms with Gasteiger partial charge in [-0.3, -0.25) is 9.88 Å². The summed E-state index contributed by atoms with van der Waals surface area (Å²) in [6.45, 7) is 7.09. The fourth-order valence-electron chi connectivity index (χ4n) is 3.96. The molecule has 1 fully saturated rings. The number of rotatable bonds is 7. The number of nitrogens with one attached hydrogen (secondary N) is 1. The third-order valence-corrected chi connectivity index (χ3v) is 5.32. The molecular formula is C17H30N4. The minimum absolute atomic E-state index is 0.216. The number of nitrogens with two attached hydrogens (primary N) is 1. The molecule has 1 unspecified atom stereocenters. The van der Waals surface area contributed by atoms with E-state index in [0.717, 1.165) is 30.5 Å². The van der Waals surface area contributed by atoms with Crippen LogP contribution >= 0.6 is 0 Å². The molecule has 0 amide bonds. The van der Waals surface area contributed by atoms with Crippen molar-refractivity contribution in [2.75, 3.05) is 25.9 Å². The highest BCUT2D eigenvalue weighted by atomic mass is 15.2. The van der Waals surface area contributed by atoms with E-state index in [4.69, 9.17) is 5.73 Å². The lowest BCUT2D eigenvalue weighted by Crippen LogP contribution is -2.60. The van der Waals surface area contributed by atoms with Crippen LogP contribution in [-0.2, 0) is 6.42 Å².